The Morgan fingerprint density at radius 3 is 2.16 bits per heavy atom. The van der Waals surface area contributed by atoms with Crippen LogP contribution >= 0.6 is 11.6 Å². The Labute approximate surface area is 223 Å². The maximum atomic E-state index is 13.5. The van der Waals surface area contributed by atoms with Crippen molar-refractivity contribution in [1.29, 1.82) is 0 Å². The Morgan fingerprint density at radius 2 is 1.59 bits per heavy atom. The zero-order chi connectivity index (χ0) is 26.6. The smallest absolute Gasteiger partial charge is 0.254 e. The lowest BCUT2D eigenvalue weighted by molar-refractivity contribution is -0.115. The van der Waals surface area contributed by atoms with Crippen molar-refractivity contribution < 1.29 is 18.0 Å². The molecule has 194 valence electrons. The fraction of sp³-hybridized carbons (Fsp3) is 0.310. The molecule has 1 aliphatic carbocycles. The van der Waals surface area contributed by atoms with Crippen molar-refractivity contribution >= 4 is 38.9 Å². The van der Waals surface area contributed by atoms with Gasteiger partial charge >= 0.3 is 0 Å². The predicted octanol–water partition coefficient (Wildman–Crippen LogP) is 5.93. The monoisotopic (exact) mass is 538 g/mol. The highest BCUT2D eigenvalue weighted by Gasteiger charge is 2.30. The van der Waals surface area contributed by atoms with E-state index in [1.54, 1.807) is 43.3 Å². The highest BCUT2D eigenvalue weighted by atomic mass is 35.5. The first-order valence-corrected chi connectivity index (χ1v) is 14.5. The highest BCUT2D eigenvalue weighted by molar-refractivity contribution is 7.91. The van der Waals surface area contributed by atoms with Crippen LogP contribution in [0.1, 0.15) is 54.2 Å². The van der Waals surface area contributed by atoms with Gasteiger partial charge in [-0.1, -0.05) is 42.8 Å². The van der Waals surface area contributed by atoms with E-state index in [0.29, 0.717) is 34.3 Å². The third-order valence-electron chi connectivity index (χ3n) is 6.68. The van der Waals surface area contributed by atoms with Crippen LogP contribution in [-0.4, -0.2) is 37.4 Å². The summed E-state index contributed by atoms with van der Waals surface area (Å²) < 4.78 is 23.9. The number of carbonyl (C=O) groups is 2. The van der Waals surface area contributed by atoms with Gasteiger partial charge in [-0.3, -0.25) is 9.59 Å². The predicted molar refractivity (Wildman–Crippen MR) is 147 cm³/mol. The minimum atomic E-state index is -3.27. The number of nitrogens with zero attached hydrogens (tertiary/aromatic N) is 1. The minimum Gasteiger partial charge on any atom is -0.332 e. The Kier molecular flexibility index (Phi) is 8.35. The van der Waals surface area contributed by atoms with E-state index in [1.165, 1.54) is 12.1 Å². The zero-order valence-electron chi connectivity index (χ0n) is 21.0. The van der Waals surface area contributed by atoms with Crippen molar-refractivity contribution in [2.45, 2.75) is 44.0 Å². The van der Waals surface area contributed by atoms with Crippen LogP contribution in [0, 0.1) is 5.92 Å². The number of amides is 2. The molecule has 4 rings (SSSR count). The van der Waals surface area contributed by atoms with Crippen molar-refractivity contribution in [3.63, 3.8) is 0 Å². The first-order valence-electron chi connectivity index (χ1n) is 12.4. The SMILES string of the molecule is CCS(=O)(=O)c1ccc(CC(=O)Nc2ccc(C(=O)N(CC3CC3)[C@H](C)c3ccc(Cl)cc3)cc2)cc1. The summed E-state index contributed by atoms with van der Waals surface area (Å²) >= 11 is 6.04. The molecular weight excluding hydrogens is 508 g/mol. The second-order valence-corrected chi connectivity index (χ2v) is 12.2. The van der Waals surface area contributed by atoms with Crippen LogP contribution in [0.3, 0.4) is 0 Å². The van der Waals surface area contributed by atoms with Crippen LogP contribution in [-0.2, 0) is 21.1 Å². The van der Waals surface area contributed by atoms with Crippen LogP contribution in [0.5, 0.6) is 0 Å². The number of hydrogen-bond acceptors (Lipinski definition) is 4. The average molecular weight is 539 g/mol. The molecule has 0 bridgehead atoms. The molecule has 0 unspecified atom stereocenters. The fourth-order valence-electron chi connectivity index (χ4n) is 4.15. The Hall–Kier alpha value is -3.16. The largest absolute Gasteiger partial charge is 0.332 e. The number of carbonyl (C=O) groups excluding carboxylic acids is 2. The Bertz CT molecular complexity index is 1350. The summed E-state index contributed by atoms with van der Waals surface area (Å²) in [4.78, 5) is 28.1. The molecule has 1 N–H and O–H groups in total. The van der Waals surface area contributed by atoms with Gasteiger partial charge in [0.1, 0.15) is 0 Å². The van der Waals surface area contributed by atoms with Gasteiger partial charge in [0.2, 0.25) is 5.91 Å². The van der Waals surface area contributed by atoms with Crippen molar-refractivity contribution in [2.24, 2.45) is 5.92 Å². The van der Waals surface area contributed by atoms with E-state index >= 15 is 0 Å². The van der Waals surface area contributed by atoms with Gasteiger partial charge in [0.05, 0.1) is 23.1 Å². The molecule has 1 aliphatic rings. The molecule has 0 heterocycles. The molecule has 1 fully saturated rings. The molecule has 0 spiro atoms. The topological polar surface area (TPSA) is 83.5 Å². The van der Waals surface area contributed by atoms with Gasteiger partial charge in [0, 0.05) is 22.8 Å². The summed E-state index contributed by atoms with van der Waals surface area (Å²) in [6.07, 6.45) is 2.39. The van der Waals surface area contributed by atoms with E-state index in [0.717, 1.165) is 18.4 Å². The summed E-state index contributed by atoms with van der Waals surface area (Å²) in [6.45, 7) is 4.34. The van der Waals surface area contributed by atoms with Gasteiger partial charge in [0.15, 0.2) is 9.84 Å². The molecular formula is C29H31ClN2O4S. The van der Waals surface area contributed by atoms with E-state index in [1.807, 2.05) is 36.1 Å². The zero-order valence-corrected chi connectivity index (χ0v) is 22.6. The molecule has 0 saturated heterocycles. The van der Waals surface area contributed by atoms with Crippen molar-refractivity contribution in [1.82, 2.24) is 4.90 Å². The van der Waals surface area contributed by atoms with Crippen molar-refractivity contribution in [2.75, 3.05) is 17.6 Å². The average Bonchev–Trinajstić information content (AvgIpc) is 3.72. The third kappa shape index (κ3) is 6.99. The van der Waals surface area contributed by atoms with Gasteiger partial charge in [-0.2, -0.15) is 0 Å². The number of rotatable bonds is 10. The number of anilines is 1. The second kappa shape index (κ2) is 11.5. The lowest BCUT2D eigenvalue weighted by Gasteiger charge is -2.30. The van der Waals surface area contributed by atoms with E-state index < -0.39 is 9.84 Å². The van der Waals surface area contributed by atoms with Crippen LogP contribution in [0.15, 0.2) is 77.7 Å². The molecule has 1 saturated carbocycles. The molecule has 8 heteroatoms. The number of nitrogens with one attached hydrogen (secondary N) is 1. The molecule has 37 heavy (non-hydrogen) atoms. The molecule has 0 aliphatic heterocycles. The van der Waals surface area contributed by atoms with E-state index in [9.17, 15) is 18.0 Å². The third-order valence-corrected chi connectivity index (χ3v) is 8.68. The van der Waals surface area contributed by atoms with Gasteiger partial charge in [-0.25, -0.2) is 8.42 Å². The van der Waals surface area contributed by atoms with E-state index in [4.69, 9.17) is 11.6 Å². The van der Waals surface area contributed by atoms with E-state index in [-0.39, 0.29) is 34.9 Å². The maximum Gasteiger partial charge on any atom is 0.254 e. The molecule has 3 aromatic rings. The summed E-state index contributed by atoms with van der Waals surface area (Å²) in [7, 11) is -3.27. The lowest BCUT2D eigenvalue weighted by Crippen LogP contribution is -2.35. The number of halogens is 1. The van der Waals surface area contributed by atoms with Gasteiger partial charge in [-0.15, -0.1) is 0 Å². The molecule has 6 nitrogen and oxygen atoms in total. The van der Waals surface area contributed by atoms with Gasteiger partial charge in [-0.05, 0) is 85.3 Å². The summed E-state index contributed by atoms with van der Waals surface area (Å²) in [5, 5.41) is 3.51. The van der Waals surface area contributed by atoms with Crippen molar-refractivity contribution in [3.8, 4) is 0 Å². The molecule has 1 atom stereocenters. The standard InChI is InChI=1S/C29H31ClN2O4S/c1-3-37(35,36)27-16-6-21(7-17-27)18-28(33)31-26-14-10-24(11-15-26)29(34)32(19-22-4-5-22)20(2)23-8-12-25(30)13-9-23/h6-17,20,22H,3-5,18-19H2,1-2H3,(H,31,33)/t20-/m1/s1. The first-order chi connectivity index (χ1) is 17.7. The van der Waals surface area contributed by atoms with Crippen molar-refractivity contribution in [3.05, 3.63) is 94.5 Å². The Morgan fingerprint density at radius 1 is 0.973 bits per heavy atom. The van der Waals surface area contributed by atoms with E-state index in [2.05, 4.69) is 5.32 Å². The lowest BCUT2D eigenvalue weighted by atomic mass is 10.0. The quantitative estimate of drug-likeness (QED) is 0.347. The van der Waals surface area contributed by atoms with Crippen LogP contribution < -0.4 is 5.32 Å². The molecule has 0 radical (unpaired) electrons. The summed E-state index contributed by atoms with van der Waals surface area (Å²) in [5.74, 6) is 0.295. The number of hydrogen-bond donors (Lipinski definition) is 1. The molecule has 2 amide bonds. The molecule has 3 aromatic carbocycles. The van der Waals surface area contributed by atoms with Gasteiger partial charge < -0.3 is 10.2 Å². The number of sulfone groups is 1. The number of benzene rings is 3. The maximum absolute atomic E-state index is 13.5. The van der Waals surface area contributed by atoms with Crippen LogP contribution in [0.4, 0.5) is 5.69 Å². The molecule has 0 aromatic heterocycles. The van der Waals surface area contributed by atoms with Crippen LogP contribution in [0.2, 0.25) is 5.02 Å². The highest BCUT2D eigenvalue weighted by Crippen LogP contribution is 2.34. The minimum absolute atomic E-state index is 0.0315. The summed E-state index contributed by atoms with van der Waals surface area (Å²) in [6, 6.07) is 20.8. The first kappa shape index (κ1) is 26.9. The van der Waals surface area contributed by atoms with Crippen LogP contribution in [0.25, 0.3) is 0 Å². The summed E-state index contributed by atoms with van der Waals surface area (Å²) in [5.41, 5.74) is 2.90. The fourth-order valence-corrected chi connectivity index (χ4v) is 5.16. The normalized spacial score (nSPS) is 14.1. The van der Waals surface area contributed by atoms with Gasteiger partial charge in [0.25, 0.3) is 5.91 Å². The Balaban J connectivity index is 1.40. The second-order valence-electron chi connectivity index (χ2n) is 9.48.